The molecule has 2 heterocycles. The highest BCUT2D eigenvalue weighted by Crippen LogP contribution is 2.35. The van der Waals surface area contributed by atoms with Crippen LogP contribution in [0.1, 0.15) is 50.6 Å². The first kappa shape index (κ1) is 20.7. The number of imide groups is 1. The van der Waals surface area contributed by atoms with Gasteiger partial charge in [-0.1, -0.05) is 25.0 Å². The molecule has 1 atom stereocenters. The SMILES string of the molecule is CC(NC(=O)CCN1C(=O)NC2(CCCC2)C1=O)c1ccc(N2CCOCC2)cc1. The number of hydrogen-bond donors (Lipinski definition) is 2. The largest absolute Gasteiger partial charge is 0.378 e. The Bertz CT molecular complexity index is 798. The van der Waals surface area contributed by atoms with E-state index in [1.165, 1.54) is 4.90 Å². The normalized spacial score (nSPS) is 21.8. The minimum atomic E-state index is -0.719. The average Bonchev–Trinajstić information content (AvgIpc) is 3.32. The van der Waals surface area contributed by atoms with Crippen LogP contribution in [0.15, 0.2) is 24.3 Å². The second-order valence-corrected chi connectivity index (χ2v) is 8.41. The van der Waals surface area contributed by atoms with Crippen LogP contribution in [0.4, 0.5) is 10.5 Å². The Hall–Kier alpha value is -2.61. The van der Waals surface area contributed by atoms with Gasteiger partial charge in [0.15, 0.2) is 0 Å². The third-order valence-electron chi connectivity index (χ3n) is 6.41. The van der Waals surface area contributed by atoms with Crippen molar-refractivity contribution in [2.75, 3.05) is 37.7 Å². The lowest BCUT2D eigenvalue weighted by Gasteiger charge is -2.29. The zero-order valence-corrected chi connectivity index (χ0v) is 17.5. The third kappa shape index (κ3) is 4.14. The van der Waals surface area contributed by atoms with Gasteiger partial charge in [0.05, 0.1) is 19.3 Å². The van der Waals surface area contributed by atoms with E-state index in [4.69, 9.17) is 4.74 Å². The van der Waals surface area contributed by atoms with Crippen molar-refractivity contribution < 1.29 is 19.1 Å². The van der Waals surface area contributed by atoms with E-state index in [-0.39, 0.29) is 36.9 Å². The number of benzene rings is 1. The van der Waals surface area contributed by atoms with E-state index in [1.54, 1.807) is 0 Å². The molecule has 1 aliphatic carbocycles. The second-order valence-electron chi connectivity index (χ2n) is 8.41. The van der Waals surface area contributed by atoms with Gasteiger partial charge >= 0.3 is 6.03 Å². The van der Waals surface area contributed by atoms with E-state index in [0.29, 0.717) is 12.8 Å². The third-order valence-corrected chi connectivity index (χ3v) is 6.41. The van der Waals surface area contributed by atoms with Gasteiger partial charge in [-0.3, -0.25) is 14.5 Å². The summed E-state index contributed by atoms with van der Waals surface area (Å²) in [5, 5.41) is 5.81. The molecule has 0 aromatic heterocycles. The zero-order valence-electron chi connectivity index (χ0n) is 17.5. The fourth-order valence-electron chi connectivity index (χ4n) is 4.60. The van der Waals surface area contributed by atoms with Gasteiger partial charge in [0, 0.05) is 31.7 Å². The highest BCUT2D eigenvalue weighted by atomic mass is 16.5. The lowest BCUT2D eigenvalue weighted by atomic mass is 9.98. The Labute approximate surface area is 176 Å². The molecule has 162 valence electrons. The molecule has 8 heteroatoms. The van der Waals surface area contributed by atoms with Crippen LogP contribution in [0.5, 0.6) is 0 Å². The molecule has 2 saturated heterocycles. The van der Waals surface area contributed by atoms with E-state index >= 15 is 0 Å². The van der Waals surface area contributed by atoms with Crippen molar-refractivity contribution in [2.24, 2.45) is 0 Å². The molecule has 1 spiro atoms. The van der Waals surface area contributed by atoms with Gasteiger partial charge in [-0.15, -0.1) is 0 Å². The number of nitrogens with one attached hydrogen (secondary N) is 2. The topological polar surface area (TPSA) is 91.0 Å². The van der Waals surface area contributed by atoms with E-state index < -0.39 is 5.54 Å². The molecule has 8 nitrogen and oxygen atoms in total. The number of rotatable bonds is 6. The molecule has 30 heavy (non-hydrogen) atoms. The molecule has 1 saturated carbocycles. The summed E-state index contributed by atoms with van der Waals surface area (Å²) in [5.74, 6) is -0.350. The van der Waals surface area contributed by atoms with Crippen LogP contribution in [-0.2, 0) is 14.3 Å². The fraction of sp³-hybridized carbons (Fsp3) is 0.591. The predicted molar refractivity (Wildman–Crippen MR) is 112 cm³/mol. The Morgan fingerprint density at radius 3 is 2.50 bits per heavy atom. The molecular formula is C22H30N4O4. The molecule has 4 rings (SSSR count). The Morgan fingerprint density at radius 1 is 1.17 bits per heavy atom. The summed E-state index contributed by atoms with van der Waals surface area (Å²) in [6, 6.07) is 7.66. The number of carbonyl (C=O) groups is 3. The standard InChI is InChI=1S/C22H30N4O4/c1-16(17-4-6-18(7-5-17)25-12-14-30-15-13-25)23-19(27)8-11-26-20(28)22(24-21(26)29)9-2-3-10-22/h4-7,16H,2-3,8-15H2,1H3,(H,23,27)(H,24,29). The monoisotopic (exact) mass is 414 g/mol. The number of amides is 4. The van der Waals surface area contributed by atoms with Gasteiger partial charge in [-0.05, 0) is 37.5 Å². The summed E-state index contributed by atoms with van der Waals surface area (Å²) in [6.07, 6.45) is 3.38. The number of anilines is 1. The van der Waals surface area contributed by atoms with Crippen LogP contribution in [0, 0.1) is 0 Å². The van der Waals surface area contributed by atoms with Crippen LogP contribution < -0.4 is 15.5 Å². The number of ether oxygens (including phenoxy) is 1. The van der Waals surface area contributed by atoms with Crippen molar-refractivity contribution in [3.63, 3.8) is 0 Å². The molecule has 0 radical (unpaired) electrons. The first-order chi connectivity index (χ1) is 14.5. The number of hydrogen-bond acceptors (Lipinski definition) is 5. The second kappa shape index (κ2) is 8.63. The molecular weight excluding hydrogens is 384 g/mol. The summed E-state index contributed by atoms with van der Waals surface area (Å²) < 4.78 is 5.39. The highest BCUT2D eigenvalue weighted by Gasteiger charge is 2.52. The van der Waals surface area contributed by atoms with Gasteiger partial charge < -0.3 is 20.3 Å². The van der Waals surface area contributed by atoms with Gasteiger partial charge in [0.1, 0.15) is 5.54 Å². The van der Waals surface area contributed by atoms with Crippen molar-refractivity contribution in [2.45, 2.75) is 50.6 Å². The molecule has 2 aliphatic heterocycles. The van der Waals surface area contributed by atoms with Crippen molar-refractivity contribution in [3.05, 3.63) is 29.8 Å². The van der Waals surface area contributed by atoms with Crippen molar-refractivity contribution in [1.82, 2.24) is 15.5 Å². The Kier molecular flexibility index (Phi) is 5.94. The van der Waals surface area contributed by atoms with Crippen molar-refractivity contribution >= 4 is 23.5 Å². The summed E-state index contributed by atoms with van der Waals surface area (Å²) in [7, 11) is 0. The van der Waals surface area contributed by atoms with Crippen LogP contribution >= 0.6 is 0 Å². The number of carbonyl (C=O) groups excluding carboxylic acids is 3. The summed E-state index contributed by atoms with van der Waals surface area (Å²) in [5.41, 5.74) is 1.45. The molecule has 1 aromatic carbocycles. The lowest BCUT2D eigenvalue weighted by Crippen LogP contribution is -2.44. The molecule has 1 unspecified atom stereocenters. The van der Waals surface area contributed by atoms with Crippen molar-refractivity contribution in [1.29, 1.82) is 0 Å². The minimum absolute atomic E-state index is 0.103. The van der Waals surface area contributed by atoms with Gasteiger partial charge in [-0.2, -0.15) is 0 Å². The number of morpholine rings is 1. The van der Waals surface area contributed by atoms with Crippen LogP contribution in [0.2, 0.25) is 0 Å². The van der Waals surface area contributed by atoms with Crippen LogP contribution in [0.25, 0.3) is 0 Å². The lowest BCUT2D eigenvalue weighted by molar-refractivity contribution is -0.131. The van der Waals surface area contributed by atoms with E-state index in [9.17, 15) is 14.4 Å². The predicted octanol–water partition coefficient (Wildman–Crippen LogP) is 1.96. The maximum absolute atomic E-state index is 12.7. The molecule has 0 bridgehead atoms. The molecule has 3 aliphatic rings. The van der Waals surface area contributed by atoms with Crippen LogP contribution in [0.3, 0.4) is 0 Å². The van der Waals surface area contributed by atoms with Gasteiger partial charge in [-0.25, -0.2) is 4.79 Å². The molecule has 2 N–H and O–H groups in total. The van der Waals surface area contributed by atoms with E-state index in [2.05, 4.69) is 27.7 Å². The minimum Gasteiger partial charge on any atom is -0.378 e. The average molecular weight is 415 g/mol. The maximum atomic E-state index is 12.7. The number of urea groups is 1. The molecule has 3 fully saturated rings. The zero-order chi connectivity index (χ0) is 21.1. The number of nitrogens with zero attached hydrogens (tertiary/aromatic N) is 2. The van der Waals surface area contributed by atoms with Gasteiger partial charge in [0.25, 0.3) is 5.91 Å². The quantitative estimate of drug-likeness (QED) is 0.695. The Balaban J connectivity index is 1.27. The first-order valence-electron chi connectivity index (χ1n) is 10.8. The smallest absolute Gasteiger partial charge is 0.325 e. The Morgan fingerprint density at radius 2 is 1.83 bits per heavy atom. The van der Waals surface area contributed by atoms with E-state index in [0.717, 1.165) is 50.4 Å². The van der Waals surface area contributed by atoms with E-state index in [1.807, 2.05) is 19.1 Å². The highest BCUT2D eigenvalue weighted by molar-refractivity contribution is 6.07. The summed E-state index contributed by atoms with van der Waals surface area (Å²) in [4.78, 5) is 40.8. The van der Waals surface area contributed by atoms with Crippen LogP contribution in [-0.4, -0.2) is 61.1 Å². The van der Waals surface area contributed by atoms with Gasteiger partial charge in [0.2, 0.25) is 5.91 Å². The fourth-order valence-corrected chi connectivity index (χ4v) is 4.60. The molecule has 1 aromatic rings. The molecule has 4 amide bonds. The first-order valence-corrected chi connectivity index (χ1v) is 10.8. The summed E-state index contributed by atoms with van der Waals surface area (Å²) >= 11 is 0. The maximum Gasteiger partial charge on any atom is 0.325 e. The summed E-state index contributed by atoms with van der Waals surface area (Å²) in [6.45, 7) is 5.30. The van der Waals surface area contributed by atoms with Crippen molar-refractivity contribution in [3.8, 4) is 0 Å².